The van der Waals surface area contributed by atoms with E-state index in [0.717, 1.165) is 5.56 Å². The van der Waals surface area contributed by atoms with E-state index in [4.69, 9.17) is 11.6 Å². The van der Waals surface area contributed by atoms with E-state index in [1.165, 1.54) is 29.5 Å². The monoisotopic (exact) mass is 341 g/mol. The molecule has 0 saturated heterocycles. The predicted molar refractivity (Wildman–Crippen MR) is 84.4 cm³/mol. The molecule has 1 aromatic carbocycles. The van der Waals surface area contributed by atoms with Gasteiger partial charge in [0.25, 0.3) is 5.69 Å². The number of benzene rings is 1. The molecule has 2 aromatic rings. The van der Waals surface area contributed by atoms with Crippen molar-refractivity contribution in [2.75, 3.05) is 11.9 Å². The zero-order chi connectivity index (χ0) is 16.1. The highest BCUT2D eigenvalue weighted by molar-refractivity contribution is 7.07. The van der Waals surface area contributed by atoms with Gasteiger partial charge in [0.05, 0.1) is 11.0 Å². The third-order valence-electron chi connectivity index (χ3n) is 2.79. The zero-order valence-corrected chi connectivity index (χ0v) is 12.7. The first kappa shape index (κ1) is 16.2. The maximum Gasteiger partial charge on any atom is 0.319 e. The van der Waals surface area contributed by atoms with Crippen molar-refractivity contribution in [3.63, 3.8) is 0 Å². The molecule has 1 heterocycles. The van der Waals surface area contributed by atoms with E-state index >= 15 is 0 Å². The second kappa shape index (κ2) is 7.21. The molecule has 9 heteroatoms. The van der Waals surface area contributed by atoms with Crippen LogP contribution in [0.15, 0.2) is 35.0 Å². The molecule has 0 saturated carbocycles. The Morgan fingerprint density at radius 2 is 2.23 bits per heavy atom. The van der Waals surface area contributed by atoms with Gasteiger partial charge in [-0.3, -0.25) is 10.1 Å². The number of halogens is 1. The number of urea groups is 1. The van der Waals surface area contributed by atoms with E-state index in [1.807, 2.05) is 5.38 Å². The number of carbonyl (C=O) groups is 1. The van der Waals surface area contributed by atoms with Crippen LogP contribution in [-0.2, 0) is 0 Å². The summed E-state index contributed by atoms with van der Waals surface area (Å²) in [6.07, 6.45) is -0.794. The van der Waals surface area contributed by atoms with Crippen LogP contribution in [0, 0.1) is 10.1 Å². The van der Waals surface area contributed by atoms with Gasteiger partial charge in [-0.1, -0.05) is 11.6 Å². The summed E-state index contributed by atoms with van der Waals surface area (Å²) in [5.41, 5.74) is 0.808. The molecule has 0 spiro atoms. The van der Waals surface area contributed by atoms with Gasteiger partial charge in [0.2, 0.25) is 0 Å². The van der Waals surface area contributed by atoms with E-state index in [0.29, 0.717) is 5.69 Å². The highest BCUT2D eigenvalue weighted by atomic mass is 35.5. The average Bonchev–Trinajstić information content (AvgIpc) is 2.98. The van der Waals surface area contributed by atoms with Gasteiger partial charge in [0, 0.05) is 18.3 Å². The van der Waals surface area contributed by atoms with Crippen molar-refractivity contribution in [1.82, 2.24) is 5.32 Å². The third-order valence-corrected chi connectivity index (χ3v) is 3.79. The number of nitrogens with zero attached hydrogens (tertiary/aromatic N) is 1. The molecule has 0 aliphatic carbocycles. The fourth-order valence-electron chi connectivity index (χ4n) is 1.68. The smallest absolute Gasteiger partial charge is 0.319 e. The molecule has 0 bridgehead atoms. The summed E-state index contributed by atoms with van der Waals surface area (Å²) >= 11 is 7.20. The minimum absolute atomic E-state index is 0.0449. The lowest BCUT2D eigenvalue weighted by Crippen LogP contribution is -2.32. The number of nitro groups is 1. The molecule has 1 aromatic heterocycles. The summed E-state index contributed by atoms with van der Waals surface area (Å²) in [4.78, 5) is 21.7. The Hall–Kier alpha value is -2.16. The van der Waals surface area contributed by atoms with Crippen LogP contribution in [0.4, 0.5) is 16.2 Å². The molecular weight excluding hydrogens is 330 g/mol. The number of nitrogens with one attached hydrogen (secondary N) is 2. The van der Waals surface area contributed by atoms with Crippen LogP contribution in [0.1, 0.15) is 11.7 Å². The first-order chi connectivity index (χ1) is 10.5. The molecule has 0 radical (unpaired) electrons. The summed E-state index contributed by atoms with van der Waals surface area (Å²) in [5.74, 6) is 0. The Morgan fingerprint density at radius 1 is 1.45 bits per heavy atom. The fraction of sp³-hybridized carbons (Fsp3) is 0.154. The molecule has 22 heavy (non-hydrogen) atoms. The first-order valence-electron chi connectivity index (χ1n) is 6.16. The van der Waals surface area contributed by atoms with Gasteiger partial charge in [-0.25, -0.2) is 4.79 Å². The third kappa shape index (κ3) is 4.17. The van der Waals surface area contributed by atoms with Gasteiger partial charge in [-0.15, -0.1) is 0 Å². The van der Waals surface area contributed by atoms with Crippen molar-refractivity contribution < 1.29 is 14.8 Å². The zero-order valence-electron chi connectivity index (χ0n) is 11.2. The van der Waals surface area contributed by atoms with Crippen LogP contribution in [0.3, 0.4) is 0 Å². The number of aliphatic hydroxyl groups excluding tert-OH is 1. The minimum atomic E-state index is -0.794. The lowest BCUT2D eigenvalue weighted by Gasteiger charge is -2.11. The maximum atomic E-state index is 11.7. The van der Waals surface area contributed by atoms with Crippen molar-refractivity contribution in [1.29, 1.82) is 0 Å². The lowest BCUT2D eigenvalue weighted by molar-refractivity contribution is -0.384. The molecule has 0 aliphatic heterocycles. The molecule has 116 valence electrons. The van der Waals surface area contributed by atoms with Gasteiger partial charge in [-0.2, -0.15) is 11.3 Å². The van der Waals surface area contributed by atoms with Crippen molar-refractivity contribution in [2.24, 2.45) is 0 Å². The van der Waals surface area contributed by atoms with Crippen LogP contribution in [-0.4, -0.2) is 22.6 Å². The molecule has 7 nitrogen and oxygen atoms in total. The Bertz CT molecular complexity index is 678. The standard InChI is InChI=1S/C13H12ClN3O4S/c14-10-5-9(1-2-11(10)17(20)21)16-13(19)15-6-12(18)8-3-4-22-7-8/h1-5,7,12,18H,6H2,(H2,15,16,19)/t12-/m1/s1. The van der Waals surface area contributed by atoms with Crippen LogP contribution in [0.2, 0.25) is 5.02 Å². The number of nitro benzene ring substituents is 1. The van der Waals surface area contributed by atoms with E-state index < -0.39 is 17.1 Å². The molecule has 1 atom stereocenters. The van der Waals surface area contributed by atoms with Crippen LogP contribution < -0.4 is 10.6 Å². The van der Waals surface area contributed by atoms with Crippen molar-refractivity contribution in [2.45, 2.75) is 6.10 Å². The quantitative estimate of drug-likeness (QED) is 0.573. The number of anilines is 1. The SMILES string of the molecule is O=C(NC[C@@H](O)c1ccsc1)Nc1ccc([N+](=O)[O-])c(Cl)c1. The molecule has 0 aliphatic rings. The van der Waals surface area contributed by atoms with Gasteiger partial charge in [-0.05, 0) is 34.5 Å². The minimum Gasteiger partial charge on any atom is -0.387 e. The normalized spacial score (nSPS) is 11.7. The topological polar surface area (TPSA) is 104 Å². The summed E-state index contributed by atoms with van der Waals surface area (Å²) in [6, 6.07) is 5.09. The number of hydrogen-bond acceptors (Lipinski definition) is 5. The van der Waals surface area contributed by atoms with E-state index in [-0.39, 0.29) is 17.3 Å². The molecule has 2 amide bonds. The van der Waals surface area contributed by atoms with Crippen molar-refractivity contribution in [3.05, 3.63) is 55.7 Å². The summed E-state index contributed by atoms with van der Waals surface area (Å²) in [6.45, 7) is 0.0449. The highest BCUT2D eigenvalue weighted by Gasteiger charge is 2.14. The molecule has 0 fully saturated rings. The van der Waals surface area contributed by atoms with Gasteiger partial charge >= 0.3 is 6.03 Å². The number of thiophene rings is 1. The molecule has 0 unspecified atom stereocenters. The number of aliphatic hydroxyl groups is 1. The summed E-state index contributed by atoms with van der Waals surface area (Å²) in [7, 11) is 0. The van der Waals surface area contributed by atoms with Crippen LogP contribution >= 0.6 is 22.9 Å². The first-order valence-corrected chi connectivity index (χ1v) is 7.48. The fourth-order valence-corrected chi connectivity index (χ4v) is 2.64. The maximum absolute atomic E-state index is 11.7. The predicted octanol–water partition coefficient (Wildman–Crippen LogP) is 3.16. The number of rotatable bonds is 5. The summed E-state index contributed by atoms with van der Waals surface area (Å²) in [5, 5.41) is 29.0. The van der Waals surface area contributed by atoms with Crippen molar-refractivity contribution in [3.8, 4) is 0 Å². The van der Waals surface area contributed by atoms with Gasteiger partial charge in [0.1, 0.15) is 5.02 Å². The van der Waals surface area contributed by atoms with Crippen LogP contribution in [0.25, 0.3) is 0 Å². The Kier molecular flexibility index (Phi) is 5.31. The van der Waals surface area contributed by atoms with E-state index in [1.54, 1.807) is 11.4 Å². The van der Waals surface area contributed by atoms with Gasteiger partial charge < -0.3 is 15.7 Å². The Balaban J connectivity index is 1.89. The Morgan fingerprint density at radius 3 is 2.82 bits per heavy atom. The summed E-state index contributed by atoms with van der Waals surface area (Å²) < 4.78 is 0. The number of hydrogen-bond donors (Lipinski definition) is 3. The van der Waals surface area contributed by atoms with E-state index in [2.05, 4.69) is 10.6 Å². The lowest BCUT2D eigenvalue weighted by atomic mass is 10.2. The van der Waals surface area contributed by atoms with Crippen molar-refractivity contribution >= 4 is 40.3 Å². The largest absolute Gasteiger partial charge is 0.387 e. The number of carbonyl (C=O) groups excluding carboxylic acids is 1. The van der Waals surface area contributed by atoms with Crippen LogP contribution in [0.5, 0.6) is 0 Å². The average molecular weight is 342 g/mol. The molecule has 3 N–H and O–H groups in total. The second-order valence-electron chi connectivity index (χ2n) is 4.33. The molecular formula is C13H12ClN3O4S. The van der Waals surface area contributed by atoms with E-state index in [9.17, 15) is 20.0 Å². The molecule has 2 rings (SSSR count). The Labute approximate surface area is 134 Å². The second-order valence-corrected chi connectivity index (χ2v) is 5.52. The number of amides is 2. The van der Waals surface area contributed by atoms with Gasteiger partial charge in [0.15, 0.2) is 0 Å². The highest BCUT2D eigenvalue weighted by Crippen LogP contribution is 2.27.